The molecule has 0 N–H and O–H groups in total. The first-order valence-electron chi connectivity index (χ1n) is 5.17. The summed E-state index contributed by atoms with van der Waals surface area (Å²) in [5, 5.41) is 0. The molecule has 0 aromatic carbocycles. The van der Waals surface area contributed by atoms with Crippen LogP contribution in [-0.4, -0.2) is 30.1 Å². The zero-order chi connectivity index (χ0) is 16.2. The highest BCUT2D eigenvalue weighted by Gasteiger charge is 2.77. The van der Waals surface area contributed by atoms with E-state index < -0.39 is 30.1 Å². The van der Waals surface area contributed by atoms with Gasteiger partial charge in [-0.1, -0.05) is 12.2 Å². The third-order valence-electron chi connectivity index (χ3n) is 2.14. The predicted octanol–water partition coefficient (Wildman–Crippen LogP) is 3.88. The Morgan fingerprint density at radius 2 is 1.40 bits per heavy atom. The number of carbonyl (C=O) groups is 1. The first-order valence-corrected chi connectivity index (χ1v) is 5.17. The Morgan fingerprint density at radius 3 is 1.70 bits per heavy atom. The van der Waals surface area contributed by atoms with Crippen LogP contribution in [0.25, 0.3) is 0 Å². The van der Waals surface area contributed by atoms with Crippen LogP contribution >= 0.6 is 0 Å². The summed E-state index contributed by atoms with van der Waals surface area (Å²) in [5.74, 6) is -15.5. The van der Waals surface area contributed by atoms with Crippen LogP contribution in [0.2, 0.25) is 0 Å². The second kappa shape index (κ2) is 6.27. The fourth-order valence-electron chi connectivity index (χ4n) is 1.10. The molecule has 0 radical (unpaired) electrons. The summed E-state index contributed by atoms with van der Waals surface area (Å²) in [6.07, 6.45) is -6.07. The number of halogens is 7. The maximum absolute atomic E-state index is 12.9. The van der Waals surface area contributed by atoms with Gasteiger partial charge in [-0.15, -0.1) is 13.2 Å². The molecule has 0 amide bonds. The average molecular weight is 308 g/mol. The molecule has 0 aromatic heterocycles. The Hall–Kier alpha value is -1.54. The maximum Gasteiger partial charge on any atom is 0.460 e. The van der Waals surface area contributed by atoms with E-state index in [4.69, 9.17) is 0 Å². The van der Waals surface area contributed by atoms with Crippen molar-refractivity contribution in [2.75, 3.05) is 0 Å². The predicted molar refractivity (Wildman–Crippen MR) is 55.5 cm³/mol. The van der Waals surface area contributed by atoms with Crippen molar-refractivity contribution in [3.63, 3.8) is 0 Å². The van der Waals surface area contributed by atoms with Crippen molar-refractivity contribution >= 4 is 5.97 Å². The van der Waals surface area contributed by atoms with Crippen molar-refractivity contribution in [2.45, 2.75) is 37.0 Å². The number of ether oxygens (including phenoxy) is 1. The fraction of sp³-hybridized carbons (Fsp3) is 0.545. The van der Waals surface area contributed by atoms with Gasteiger partial charge in [0.1, 0.15) is 6.10 Å². The summed E-state index contributed by atoms with van der Waals surface area (Å²) < 4.78 is 90.5. The molecule has 20 heavy (non-hydrogen) atoms. The summed E-state index contributed by atoms with van der Waals surface area (Å²) in [4.78, 5) is 10.9. The van der Waals surface area contributed by atoms with Gasteiger partial charge >= 0.3 is 24.0 Å². The molecular formula is C11H11F7O2. The van der Waals surface area contributed by atoms with E-state index in [1.54, 1.807) is 0 Å². The minimum absolute atomic E-state index is 0.203. The minimum atomic E-state index is -6.58. The lowest BCUT2D eigenvalue weighted by Crippen LogP contribution is -2.57. The van der Waals surface area contributed by atoms with E-state index in [0.717, 1.165) is 12.2 Å². The molecule has 2 nitrogen and oxygen atoms in total. The van der Waals surface area contributed by atoms with Gasteiger partial charge in [-0.05, 0) is 0 Å². The molecule has 0 saturated heterocycles. The topological polar surface area (TPSA) is 26.3 Å². The lowest BCUT2D eigenvalue weighted by molar-refractivity contribution is -0.349. The van der Waals surface area contributed by atoms with Crippen LogP contribution in [0.4, 0.5) is 30.7 Å². The van der Waals surface area contributed by atoms with Gasteiger partial charge in [0.2, 0.25) is 0 Å². The molecule has 0 unspecified atom stereocenters. The van der Waals surface area contributed by atoms with Crippen LogP contribution in [0.5, 0.6) is 0 Å². The monoisotopic (exact) mass is 308 g/mol. The number of hydrogen-bond acceptors (Lipinski definition) is 2. The minimum Gasteiger partial charge on any atom is -0.457 e. The van der Waals surface area contributed by atoms with Gasteiger partial charge in [-0.3, -0.25) is 0 Å². The number of carbonyl (C=O) groups excluding carboxylic acids is 1. The molecule has 0 rings (SSSR count). The molecule has 0 aliphatic heterocycles. The Labute approximate surface area is 109 Å². The highest BCUT2D eigenvalue weighted by molar-refractivity contribution is 5.79. The van der Waals surface area contributed by atoms with Gasteiger partial charge in [0, 0.05) is 12.8 Å². The van der Waals surface area contributed by atoms with Crippen LogP contribution in [0, 0.1) is 0 Å². The van der Waals surface area contributed by atoms with Crippen molar-refractivity contribution in [3.05, 3.63) is 25.3 Å². The van der Waals surface area contributed by atoms with Crippen molar-refractivity contribution in [2.24, 2.45) is 0 Å². The van der Waals surface area contributed by atoms with Gasteiger partial charge in [-0.2, -0.15) is 30.7 Å². The molecule has 0 spiro atoms. The number of alkyl halides is 7. The van der Waals surface area contributed by atoms with Gasteiger partial charge in [0.05, 0.1) is 0 Å². The SMILES string of the molecule is C=CCC(CC=C)OC(=O)C(F)(F)C(F)(F)C(F)(F)F. The van der Waals surface area contributed by atoms with E-state index in [-0.39, 0.29) is 12.8 Å². The van der Waals surface area contributed by atoms with Crippen LogP contribution < -0.4 is 0 Å². The number of esters is 1. The maximum atomic E-state index is 12.9. The third kappa shape index (κ3) is 3.73. The lowest BCUT2D eigenvalue weighted by atomic mass is 10.1. The molecule has 0 aromatic rings. The van der Waals surface area contributed by atoms with Crippen LogP contribution in [-0.2, 0) is 9.53 Å². The molecule has 0 heterocycles. The van der Waals surface area contributed by atoms with E-state index in [1.807, 2.05) is 0 Å². The summed E-state index contributed by atoms with van der Waals surface area (Å²) in [6.45, 7) is 6.40. The average Bonchev–Trinajstić information content (AvgIpc) is 2.27. The molecule has 0 aliphatic carbocycles. The summed E-state index contributed by atoms with van der Waals surface area (Å²) in [7, 11) is 0. The van der Waals surface area contributed by atoms with Crippen molar-refractivity contribution in [3.8, 4) is 0 Å². The number of rotatable bonds is 7. The van der Waals surface area contributed by atoms with E-state index in [2.05, 4.69) is 17.9 Å². The molecule has 0 aliphatic rings. The van der Waals surface area contributed by atoms with Crippen LogP contribution in [0.15, 0.2) is 25.3 Å². The van der Waals surface area contributed by atoms with E-state index in [0.29, 0.717) is 0 Å². The lowest BCUT2D eigenvalue weighted by Gasteiger charge is -2.27. The molecule has 0 saturated carbocycles. The quantitative estimate of drug-likeness (QED) is 0.405. The molecule has 9 heteroatoms. The Morgan fingerprint density at radius 1 is 1.00 bits per heavy atom. The molecular weight excluding hydrogens is 297 g/mol. The Bertz CT molecular complexity index is 363. The summed E-state index contributed by atoms with van der Waals surface area (Å²) >= 11 is 0. The number of hydrogen-bond donors (Lipinski definition) is 0. The van der Waals surface area contributed by atoms with Crippen LogP contribution in [0.3, 0.4) is 0 Å². The highest BCUT2D eigenvalue weighted by Crippen LogP contribution is 2.47. The highest BCUT2D eigenvalue weighted by atomic mass is 19.4. The third-order valence-corrected chi connectivity index (χ3v) is 2.14. The first kappa shape index (κ1) is 18.5. The largest absolute Gasteiger partial charge is 0.460 e. The molecule has 116 valence electrons. The van der Waals surface area contributed by atoms with Gasteiger partial charge in [0.25, 0.3) is 0 Å². The van der Waals surface area contributed by atoms with Crippen LogP contribution in [0.1, 0.15) is 12.8 Å². The van der Waals surface area contributed by atoms with Crippen molar-refractivity contribution < 1.29 is 40.3 Å². The van der Waals surface area contributed by atoms with Gasteiger partial charge < -0.3 is 4.74 Å². The molecule has 0 atom stereocenters. The second-order valence-corrected chi connectivity index (χ2v) is 3.72. The zero-order valence-corrected chi connectivity index (χ0v) is 10.0. The van der Waals surface area contributed by atoms with Gasteiger partial charge in [-0.25, -0.2) is 4.79 Å². The standard InChI is InChI=1S/C11H11F7O2/c1-3-5-7(6-4-2)20-8(19)9(12,13)10(14,15)11(16,17)18/h3-4,7H,1-2,5-6H2. The second-order valence-electron chi connectivity index (χ2n) is 3.72. The summed E-state index contributed by atoms with van der Waals surface area (Å²) in [6, 6.07) is 0. The van der Waals surface area contributed by atoms with Crippen molar-refractivity contribution in [1.82, 2.24) is 0 Å². The Balaban J connectivity index is 5.15. The van der Waals surface area contributed by atoms with E-state index in [1.165, 1.54) is 0 Å². The fourth-order valence-corrected chi connectivity index (χ4v) is 1.10. The van der Waals surface area contributed by atoms with Crippen molar-refractivity contribution in [1.29, 1.82) is 0 Å². The first-order chi connectivity index (χ1) is 8.91. The zero-order valence-electron chi connectivity index (χ0n) is 10.0. The molecule has 0 fully saturated rings. The Kier molecular flexibility index (Phi) is 5.79. The normalized spacial score (nSPS) is 13.2. The molecule has 0 bridgehead atoms. The van der Waals surface area contributed by atoms with E-state index in [9.17, 15) is 35.5 Å². The van der Waals surface area contributed by atoms with Gasteiger partial charge in [0.15, 0.2) is 0 Å². The smallest absolute Gasteiger partial charge is 0.457 e. The summed E-state index contributed by atoms with van der Waals surface area (Å²) in [5.41, 5.74) is 0. The van der Waals surface area contributed by atoms with E-state index >= 15 is 0 Å².